The number of aromatic nitrogens is 2. The molecule has 0 aliphatic rings. The summed E-state index contributed by atoms with van der Waals surface area (Å²) in [6, 6.07) is 5.04. The summed E-state index contributed by atoms with van der Waals surface area (Å²) in [5, 5.41) is 0.754. The molecule has 0 atom stereocenters. The number of thioether (sulfide) groups is 1. The standard InChI is InChI=1S/C15H18FN3S/c1-9-10(2)18-15(19-11(9)3)20-8-12-4-5-14(16)13(6-12)7-17/h4-6H,7-8,17H2,1-3H3. The van der Waals surface area contributed by atoms with Crippen molar-refractivity contribution in [3.8, 4) is 0 Å². The number of nitrogens with zero attached hydrogens (tertiary/aromatic N) is 2. The Balaban J connectivity index is 2.13. The summed E-state index contributed by atoms with van der Waals surface area (Å²) in [7, 11) is 0. The smallest absolute Gasteiger partial charge is 0.188 e. The van der Waals surface area contributed by atoms with Crippen molar-refractivity contribution in [2.75, 3.05) is 0 Å². The third-order valence-electron chi connectivity index (χ3n) is 3.31. The predicted molar refractivity (Wildman–Crippen MR) is 80.1 cm³/mol. The maximum Gasteiger partial charge on any atom is 0.188 e. The van der Waals surface area contributed by atoms with E-state index in [1.807, 2.05) is 20.8 Å². The van der Waals surface area contributed by atoms with Crippen molar-refractivity contribution in [2.45, 2.75) is 38.2 Å². The Hall–Kier alpha value is -1.46. The van der Waals surface area contributed by atoms with Gasteiger partial charge in [-0.15, -0.1) is 0 Å². The fraction of sp³-hybridized carbons (Fsp3) is 0.333. The molecule has 1 heterocycles. The zero-order valence-corrected chi connectivity index (χ0v) is 12.7. The Kier molecular flexibility index (Phi) is 4.73. The van der Waals surface area contributed by atoms with Gasteiger partial charge in [-0.1, -0.05) is 23.9 Å². The van der Waals surface area contributed by atoms with Crippen LogP contribution in [0, 0.1) is 26.6 Å². The Morgan fingerprint density at radius 1 is 1.15 bits per heavy atom. The molecule has 0 saturated heterocycles. The zero-order chi connectivity index (χ0) is 14.7. The van der Waals surface area contributed by atoms with Crippen molar-refractivity contribution >= 4 is 11.8 Å². The Labute approximate surface area is 122 Å². The van der Waals surface area contributed by atoms with E-state index in [9.17, 15) is 4.39 Å². The molecule has 0 aliphatic carbocycles. The van der Waals surface area contributed by atoms with E-state index in [1.165, 1.54) is 6.07 Å². The highest BCUT2D eigenvalue weighted by molar-refractivity contribution is 7.98. The normalized spacial score (nSPS) is 10.8. The van der Waals surface area contributed by atoms with Crippen LogP contribution >= 0.6 is 11.8 Å². The molecule has 0 bridgehead atoms. The van der Waals surface area contributed by atoms with Crippen LogP contribution < -0.4 is 5.73 Å². The van der Waals surface area contributed by atoms with Gasteiger partial charge in [0.05, 0.1) is 0 Å². The first kappa shape index (κ1) is 14.9. The molecule has 0 spiro atoms. The van der Waals surface area contributed by atoms with Gasteiger partial charge in [0.25, 0.3) is 0 Å². The molecule has 2 rings (SSSR count). The molecule has 1 aromatic heterocycles. The van der Waals surface area contributed by atoms with Crippen LogP contribution in [0.15, 0.2) is 23.4 Å². The molecule has 5 heteroatoms. The van der Waals surface area contributed by atoms with Crippen molar-refractivity contribution in [3.05, 3.63) is 52.1 Å². The van der Waals surface area contributed by atoms with Crippen LogP contribution in [0.5, 0.6) is 0 Å². The van der Waals surface area contributed by atoms with Gasteiger partial charge in [0.15, 0.2) is 5.16 Å². The van der Waals surface area contributed by atoms with Crippen LogP contribution in [-0.4, -0.2) is 9.97 Å². The number of benzene rings is 1. The zero-order valence-electron chi connectivity index (χ0n) is 11.9. The van der Waals surface area contributed by atoms with Gasteiger partial charge < -0.3 is 5.73 Å². The first-order valence-corrected chi connectivity index (χ1v) is 7.42. The molecular formula is C15H18FN3S. The number of hydrogen-bond acceptors (Lipinski definition) is 4. The molecule has 0 radical (unpaired) electrons. The van der Waals surface area contributed by atoms with Crippen LogP contribution in [0.3, 0.4) is 0 Å². The molecular weight excluding hydrogens is 273 g/mol. The highest BCUT2D eigenvalue weighted by Crippen LogP contribution is 2.22. The quantitative estimate of drug-likeness (QED) is 0.693. The van der Waals surface area contributed by atoms with Crippen LogP contribution in [-0.2, 0) is 12.3 Å². The fourth-order valence-corrected chi connectivity index (χ4v) is 2.71. The highest BCUT2D eigenvalue weighted by atomic mass is 32.2. The second kappa shape index (κ2) is 6.33. The Morgan fingerprint density at radius 2 is 1.80 bits per heavy atom. The molecule has 0 saturated carbocycles. The molecule has 2 aromatic rings. The van der Waals surface area contributed by atoms with Gasteiger partial charge in [0, 0.05) is 29.2 Å². The maximum absolute atomic E-state index is 13.4. The van der Waals surface area contributed by atoms with Crippen molar-refractivity contribution in [3.63, 3.8) is 0 Å². The lowest BCUT2D eigenvalue weighted by atomic mass is 10.1. The van der Waals surface area contributed by atoms with Crippen molar-refractivity contribution < 1.29 is 4.39 Å². The Morgan fingerprint density at radius 3 is 2.40 bits per heavy atom. The SMILES string of the molecule is Cc1nc(SCc2ccc(F)c(CN)c2)nc(C)c1C. The molecule has 0 unspecified atom stereocenters. The van der Waals surface area contributed by atoms with Crippen molar-refractivity contribution in [1.82, 2.24) is 9.97 Å². The summed E-state index contributed by atoms with van der Waals surface area (Å²) in [6.07, 6.45) is 0. The van der Waals surface area contributed by atoms with Crippen LogP contribution in [0.25, 0.3) is 0 Å². The van der Waals surface area contributed by atoms with Crippen molar-refractivity contribution in [2.24, 2.45) is 5.73 Å². The van der Waals surface area contributed by atoms with Gasteiger partial charge in [-0.2, -0.15) is 0 Å². The molecule has 0 fully saturated rings. The van der Waals surface area contributed by atoms with Gasteiger partial charge in [0.2, 0.25) is 0 Å². The van der Waals surface area contributed by atoms with Crippen LogP contribution in [0.4, 0.5) is 4.39 Å². The molecule has 2 N–H and O–H groups in total. The number of halogens is 1. The van der Waals surface area contributed by atoms with E-state index in [4.69, 9.17) is 5.73 Å². The second-order valence-electron chi connectivity index (χ2n) is 4.72. The molecule has 20 heavy (non-hydrogen) atoms. The minimum absolute atomic E-state index is 0.212. The topological polar surface area (TPSA) is 51.8 Å². The minimum atomic E-state index is -0.250. The molecule has 0 aliphatic heterocycles. The summed E-state index contributed by atoms with van der Waals surface area (Å²) in [4.78, 5) is 8.92. The number of nitrogens with two attached hydrogens (primary N) is 1. The first-order chi connectivity index (χ1) is 9.51. The van der Waals surface area contributed by atoms with E-state index in [1.54, 1.807) is 23.9 Å². The number of rotatable bonds is 4. The van der Waals surface area contributed by atoms with Crippen molar-refractivity contribution in [1.29, 1.82) is 0 Å². The highest BCUT2D eigenvalue weighted by Gasteiger charge is 2.07. The van der Waals surface area contributed by atoms with Gasteiger partial charge >= 0.3 is 0 Å². The lowest BCUT2D eigenvalue weighted by Gasteiger charge is -2.07. The van der Waals surface area contributed by atoms with E-state index in [0.717, 1.165) is 27.7 Å². The average Bonchev–Trinajstić information content (AvgIpc) is 2.43. The van der Waals surface area contributed by atoms with E-state index in [2.05, 4.69) is 9.97 Å². The van der Waals surface area contributed by atoms with Gasteiger partial charge in [-0.25, -0.2) is 14.4 Å². The number of aryl methyl sites for hydroxylation is 2. The second-order valence-corrected chi connectivity index (χ2v) is 5.66. The lowest BCUT2D eigenvalue weighted by molar-refractivity contribution is 0.610. The minimum Gasteiger partial charge on any atom is -0.326 e. The van der Waals surface area contributed by atoms with E-state index in [-0.39, 0.29) is 12.4 Å². The molecule has 0 amide bonds. The summed E-state index contributed by atoms with van der Waals surface area (Å²) >= 11 is 1.55. The molecule has 3 nitrogen and oxygen atoms in total. The monoisotopic (exact) mass is 291 g/mol. The average molecular weight is 291 g/mol. The number of hydrogen-bond donors (Lipinski definition) is 1. The van der Waals surface area contributed by atoms with Crippen LogP contribution in [0.2, 0.25) is 0 Å². The van der Waals surface area contributed by atoms with E-state index >= 15 is 0 Å². The van der Waals surface area contributed by atoms with E-state index in [0.29, 0.717) is 11.3 Å². The Bertz CT molecular complexity index is 606. The molecule has 1 aromatic carbocycles. The third kappa shape index (κ3) is 3.35. The molecule has 106 valence electrons. The fourth-order valence-electron chi connectivity index (χ4n) is 1.83. The van der Waals surface area contributed by atoms with Gasteiger partial charge in [-0.3, -0.25) is 0 Å². The maximum atomic E-state index is 13.4. The summed E-state index contributed by atoms with van der Waals surface area (Å²) in [5.41, 5.74) is 10.2. The van der Waals surface area contributed by atoms with Crippen LogP contribution in [0.1, 0.15) is 28.1 Å². The predicted octanol–water partition coefficient (Wildman–Crippen LogP) is 3.29. The summed E-state index contributed by atoms with van der Waals surface area (Å²) in [5.74, 6) is 0.453. The van der Waals surface area contributed by atoms with Gasteiger partial charge in [-0.05, 0) is 38.0 Å². The first-order valence-electron chi connectivity index (χ1n) is 6.43. The largest absolute Gasteiger partial charge is 0.326 e. The lowest BCUT2D eigenvalue weighted by Crippen LogP contribution is -2.01. The van der Waals surface area contributed by atoms with E-state index < -0.39 is 0 Å². The summed E-state index contributed by atoms with van der Waals surface area (Å²) in [6.45, 7) is 6.20. The van der Waals surface area contributed by atoms with Gasteiger partial charge in [0.1, 0.15) is 5.82 Å². The summed E-state index contributed by atoms with van der Waals surface area (Å²) < 4.78 is 13.4. The third-order valence-corrected chi connectivity index (χ3v) is 4.23.